The number of allylic oxidation sites excluding steroid dienone is 7. The third kappa shape index (κ3) is 1.75. The fraction of sp³-hybridized carbons (Fsp3) is 0.429. The summed E-state index contributed by atoms with van der Waals surface area (Å²) in [6, 6.07) is 0. The van der Waals surface area contributed by atoms with Crippen molar-refractivity contribution >= 4 is 0 Å². The van der Waals surface area contributed by atoms with Crippen LogP contribution in [0.3, 0.4) is 0 Å². The van der Waals surface area contributed by atoms with Gasteiger partial charge in [0.15, 0.2) is 0 Å². The summed E-state index contributed by atoms with van der Waals surface area (Å²) in [4.78, 5) is 0. The average Bonchev–Trinajstić information content (AvgIpc) is 2.51. The molecule has 0 aromatic rings. The highest BCUT2D eigenvalue weighted by molar-refractivity contribution is 5.42. The summed E-state index contributed by atoms with van der Waals surface area (Å²) in [5, 5.41) is 0. The molecular weight excluding hydrogens is 168 g/mol. The van der Waals surface area contributed by atoms with E-state index in [1.807, 2.05) is 0 Å². The molecule has 0 heterocycles. The predicted octanol–water partition coefficient (Wildman–Crippen LogP) is 4.03. The molecule has 0 aliphatic heterocycles. The second-order valence-corrected chi connectivity index (χ2v) is 4.55. The van der Waals surface area contributed by atoms with Gasteiger partial charge in [0.2, 0.25) is 0 Å². The largest absolute Gasteiger partial charge is 0.0992 e. The zero-order valence-electron chi connectivity index (χ0n) is 9.09. The van der Waals surface area contributed by atoms with E-state index >= 15 is 0 Å². The summed E-state index contributed by atoms with van der Waals surface area (Å²) in [5.74, 6) is 1.16. The van der Waals surface area contributed by atoms with E-state index in [1.54, 1.807) is 5.57 Å². The first-order valence-electron chi connectivity index (χ1n) is 5.42. The van der Waals surface area contributed by atoms with Crippen LogP contribution in [-0.2, 0) is 0 Å². The van der Waals surface area contributed by atoms with Gasteiger partial charge in [-0.25, -0.2) is 0 Å². The lowest BCUT2D eigenvalue weighted by Gasteiger charge is -2.13. The van der Waals surface area contributed by atoms with E-state index in [2.05, 4.69) is 44.7 Å². The van der Waals surface area contributed by atoms with Crippen LogP contribution in [0.15, 0.2) is 47.6 Å². The van der Waals surface area contributed by atoms with Crippen molar-refractivity contribution in [3.63, 3.8) is 0 Å². The van der Waals surface area contributed by atoms with Crippen LogP contribution in [0.1, 0.15) is 26.7 Å². The first-order chi connectivity index (χ1) is 6.66. The molecule has 0 saturated heterocycles. The zero-order valence-corrected chi connectivity index (χ0v) is 9.09. The molecular formula is C14H18. The van der Waals surface area contributed by atoms with Crippen LogP contribution in [0, 0.1) is 11.8 Å². The van der Waals surface area contributed by atoms with Crippen LogP contribution >= 0.6 is 0 Å². The Labute approximate surface area is 86.7 Å². The maximum Gasteiger partial charge on any atom is -0.00423 e. The van der Waals surface area contributed by atoms with Gasteiger partial charge in [-0.2, -0.15) is 0 Å². The Hall–Kier alpha value is -1.04. The van der Waals surface area contributed by atoms with Gasteiger partial charge in [-0.3, -0.25) is 0 Å². The van der Waals surface area contributed by atoms with Gasteiger partial charge in [0, 0.05) is 0 Å². The summed E-state index contributed by atoms with van der Waals surface area (Å²) in [6.45, 7) is 8.61. The maximum atomic E-state index is 4.09. The molecule has 0 fully saturated rings. The highest BCUT2D eigenvalue weighted by Gasteiger charge is 2.19. The summed E-state index contributed by atoms with van der Waals surface area (Å²) >= 11 is 0. The normalized spacial score (nSPS) is 36.3. The van der Waals surface area contributed by atoms with Gasteiger partial charge in [-0.1, -0.05) is 55.9 Å². The molecule has 74 valence electrons. The SMILES string of the molecule is C=C1CC2=C(C1)C(C)/C=C\C(C)/C=C\2. The minimum Gasteiger partial charge on any atom is -0.0992 e. The molecule has 0 saturated carbocycles. The van der Waals surface area contributed by atoms with Crippen molar-refractivity contribution < 1.29 is 0 Å². The zero-order chi connectivity index (χ0) is 10.1. The van der Waals surface area contributed by atoms with Gasteiger partial charge >= 0.3 is 0 Å². The van der Waals surface area contributed by atoms with Crippen LogP contribution < -0.4 is 0 Å². The van der Waals surface area contributed by atoms with E-state index in [0.29, 0.717) is 11.8 Å². The number of rotatable bonds is 0. The quantitative estimate of drug-likeness (QED) is 0.501. The Morgan fingerprint density at radius 3 is 2.71 bits per heavy atom. The molecule has 0 nitrogen and oxygen atoms in total. The standard InChI is InChI=1S/C14H18/c1-10-4-6-12(3)14-9-11(2)8-13(14)7-5-10/h4-7,10,12H,2,8-9H2,1,3H3/b6-4-,7-5-. The van der Waals surface area contributed by atoms with Crippen LogP contribution in [0.4, 0.5) is 0 Å². The van der Waals surface area contributed by atoms with Crippen LogP contribution in [0.2, 0.25) is 0 Å². The second-order valence-electron chi connectivity index (χ2n) is 4.55. The minimum atomic E-state index is 0.570. The lowest BCUT2D eigenvalue weighted by atomic mass is 9.92. The minimum absolute atomic E-state index is 0.570. The molecule has 2 atom stereocenters. The van der Waals surface area contributed by atoms with Gasteiger partial charge in [-0.05, 0) is 30.3 Å². The van der Waals surface area contributed by atoms with E-state index in [4.69, 9.17) is 0 Å². The van der Waals surface area contributed by atoms with Crippen molar-refractivity contribution in [2.24, 2.45) is 11.8 Å². The van der Waals surface area contributed by atoms with Crippen LogP contribution in [-0.4, -0.2) is 0 Å². The lowest BCUT2D eigenvalue weighted by Crippen LogP contribution is -1.98. The smallest absolute Gasteiger partial charge is 0.00423 e. The molecule has 0 heteroatoms. The Kier molecular flexibility index (Phi) is 2.45. The average molecular weight is 186 g/mol. The first-order valence-corrected chi connectivity index (χ1v) is 5.42. The predicted molar refractivity (Wildman–Crippen MR) is 62.0 cm³/mol. The van der Waals surface area contributed by atoms with E-state index in [-0.39, 0.29) is 0 Å². The van der Waals surface area contributed by atoms with Gasteiger partial charge in [0.25, 0.3) is 0 Å². The van der Waals surface area contributed by atoms with Crippen molar-refractivity contribution in [2.45, 2.75) is 26.7 Å². The Morgan fingerprint density at radius 1 is 1.14 bits per heavy atom. The Morgan fingerprint density at radius 2 is 1.93 bits per heavy atom. The molecule has 0 bridgehead atoms. The first kappa shape index (κ1) is 9.51. The van der Waals surface area contributed by atoms with Gasteiger partial charge in [-0.15, -0.1) is 0 Å². The van der Waals surface area contributed by atoms with Crippen molar-refractivity contribution in [3.05, 3.63) is 47.6 Å². The Balaban J connectivity index is 2.36. The molecule has 14 heavy (non-hydrogen) atoms. The molecule has 0 N–H and O–H groups in total. The molecule has 0 amide bonds. The summed E-state index contributed by atoms with van der Waals surface area (Å²) in [5.41, 5.74) is 4.46. The molecule has 2 unspecified atom stereocenters. The van der Waals surface area contributed by atoms with Crippen molar-refractivity contribution in [1.82, 2.24) is 0 Å². The van der Waals surface area contributed by atoms with Gasteiger partial charge in [0.05, 0.1) is 0 Å². The molecule has 0 spiro atoms. The maximum absolute atomic E-state index is 4.09. The summed E-state index contributed by atoms with van der Waals surface area (Å²) in [7, 11) is 0. The van der Waals surface area contributed by atoms with Crippen molar-refractivity contribution in [2.75, 3.05) is 0 Å². The monoisotopic (exact) mass is 186 g/mol. The molecule has 2 aliphatic carbocycles. The van der Waals surface area contributed by atoms with Crippen molar-refractivity contribution in [3.8, 4) is 0 Å². The van der Waals surface area contributed by atoms with Gasteiger partial charge < -0.3 is 0 Å². The number of hydrogen-bond donors (Lipinski definition) is 0. The highest BCUT2D eigenvalue weighted by atomic mass is 14.2. The van der Waals surface area contributed by atoms with Crippen LogP contribution in [0.5, 0.6) is 0 Å². The van der Waals surface area contributed by atoms with Crippen LogP contribution in [0.25, 0.3) is 0 Å². The highest BCUT2D eigenvalue weighted by Crippen LogP contribution is 2.36. The van der Waals surface area contributed by atoms with E-state index < -0.39 is 0 Å². The van der Waals surface area contributed by atoms with E-state index in [9.17, 15) is 0 Å². The fourth-order valence-corrected chi connectivity index (χ4v) is 2.24. The van der Waals surface area contributed by atoms with Gasteiger partial charge in [0.1, 0.15) is 0 Å². The topological polar surface area (TPSA) is 0 Å². The molecule has 2 rings (SSSR count). The van der Waals surface area contributed by atoms with Crippen molar-refractivity contribution in [1.29, 1.82) is 0 Å². The lowest BCUT2D eigenvalue weighted by molar-refractivity contribution is 0.806. The third-order valence-corrected chi connectivity index (χ3v) is 3.15. The molecule has 0 radical (unpaired) electrons. The Bertz CT molecular complexity index is 339. The fourth-order valence-electron chi connectivity index (χ4n) is 2.24. The number of hydrogen-bond acceptors (Lipinski definition) is 0. The molecule has 0 aromatic heterocycles. The van der Waals surface area contributed by atoms with E-state index in [0.717, 1.165) is 12.8 Å². The second kappa shape index (κ2) is 3.61. The molecule has 2 aliphatic rings. The third-order valence-electron chi connectivity index (χ3n) is 3.15. The summed E-state index contributed by atoms with van der Waals surface area (Å²) in [6.07, 6.45) is 11.4. The van der Waals surface area contributed by atoms with E-state index in [1.165, 1.54) is 11.1 Å². The summed E-state index contributed by atoms with van der Waals surface area (Å²) < 4.78 is 0. The molecule has 0 aromatic carbocycles.